The quantitative estimate of drug-likeness (QED) is 0.120. The van der Waals surface area contributed by atoms with E-state index in [2.05, 4.69) is 11.9 Å². The number of ether oxygens (including phenoxy) is 2. The lowest BCUT2D eigenvalue weighted by molar-refractivity contribution is -0.172. The third-order valence-electron chi connectivity index (χ3n) is 5.98. The summed E-state index contributed by atoms with van der Waals surface area (Å²) < 4.78 is 52.5. The first kappa shape index (κ1) is 32.6. The Kier molecular flexibility index (Phi) is 12.7. The van der Waals surface area contributed by atoms with Gasteiger partial charge in [-0.25, -0.2) is 0 Å². The Morgan fingerprint density at radius 3 is 2.62 bits per heavy atom. The first-order valence-electron chi connectivity index (χ1n) is 12.2. The number of carbonyl (C=O) groups is 3. The molecular weight excluding hydrogens is 636 g/mol. The number of nitrogens with one attached hydrogen (secondary N) is 1. The highest BCUT2D eigenvalue weighted by Crippen LogP contribution is 2.37. The fraction of sp³-hybridized carbons (Fsp3) is 0.500. The largest absolute Gasteiger partial charge is 0.493 e. The van der Waals surface area contributed by atoms with E-state index in [0.29, 0.717) is 34.0 Å². The van der Waals surface area contributed by atoms with E-state index in [-0.39, 0.29) is 48.6 Å². The van der Waals surface area contributed by atoms with Crippen LogP contribution in [0.2, 0.25) is 0 Å². The molecule has 3 atom stereocenters. The second-order valence-electron chi connectivity index (χ2n) is 8.84. The normalized spacial score (nSPS) is 19.1. The minimum Gasteiger partial charge on any atom is -0.493 e. The number of nitrogens with zero attached hydrogens (tertiary/aromatic N) is 1. The number of halogens is 4. The summed E-state index contributed by atoms with van der Waals surface area (Å²) >= 11 is 1.87. The number of unbranched alkanes of at least 4 members (excludes halogenated alkanes) is 2. The molecule has 0 bridgehead atoms. The van der Waals surface area contributed by atoms with Gasteiger partial charge in [-0.3, -0.25) is 14.4 Å². The Morgan fingerprint density at radius 2 is 2.03 bits per heavy atom. The maximum Gasteiger partial charge on any atom is 0.406 e. The van der Waals surface area contributed by atoms with Crippen LogP contribution in [0.15, 0.2) is 36.4 Å². The van der Waals surface area contributed by atoms with Gasteiger partial charge in [-0.05, 0) is 60.1 Å². The lowest BCUT2D eigenvalue weighted by atomic mass is 9.87. The van der Waals surface area contributed by atoms with Crippen LogP contribution in [0.3, 0.4) is 0 Å². The van der Waals surface area contributed by atoms with Crippen LogP contribution in [-0.4, -0.2) is 84.4 Å². The number of alkyl halides is 3. The van der Waals surface area contributed by atoms with E-state index < -0.39 is 42.8 Å². The summed E-state index contributed by atoms with van der Waals surface area (Å²) in [5, 5.41) is 22.7. The van der Waals surface area contributed by atoms with Gasteiger partial charge in [0.15, 0.2) is 11.5 Å². The van der Waals surface area contributed by atoms with E-state index in [4.69, 9.17) is 14.6 Å². The highest BCUT2D eigenvalue weighted by atomic mass is 127. The molecule has 2 amide bonds. The third-order valence-corrected chi connectivity index (χ3v) is 6.78. The monoisotopic (exact) mass is 668 g/mol. The van der Waals surface area contributed by atoms with Gasteiger partial charge in [0.2, 0.25) is 11.8 Å². The second kappa shape index (κ2) is 15.2. The van der Waals surface area contributed by atoms with Crippen molar-refractivity contribution < 1.29 is 47.2 Å². The fourth-order valence-electron chi connectivity index (χ4n) is 4.13. The summed E-state index contributed by atoms with van der Waals surface area (Å²) in [4.78, 5) is 37.6. The fourth-order valence-corrected chi connectivity index (χ4v) is 4.88. The van der Waals surface area contributed by atoms with Gasteiger partial charge in [-0.2, -0.15) is 13.2 Å². The molecule has 9 nitrogen and oxygen atoms in total. The van der Waals surface area contributed by atoms with Crippen LogP contribution in [0.25, 0.3) is 0 Å². The van der Waals surface area contributed by atoms with E-state index in [0.717, 1.165) is 0 Å². The number of amides is 2. The van der Waals surface area contributed by atoms with Crippen molar-refractivity contribution in [1.82, 2.24) is 10.2 Å². The third kappa shape index (κ3) is 9.49. The zero-order valence-corrected chi connectivity index (χ0v) is 23.5. The highest BCUT2D eigenvalue weighted by Gasteiger charge is 2.44. The smallest absolute Gasteiger partial charge is 0.406 e. The van der Waals surface area contributed by atoms with E-state index in [1.54, 1.807) is 6.08 Å². The van der Waals surface area contributed by atoms with Crippen molar-refractivity contribution in [2.45, 2.75) is 56.5 Å². The number of carbonyl (C=O) groups excluding carboxylic acids is 3. The molecule has 0 aromatic heterocycles. The molecule has 1 aliphatic rings. The number of aliphatic hydroxyl groups excluding tert-OH is 2. The van der Waals surface area contributed by atoms with E-state index in [1.165, 1.54) is 25.3 Å². The van der Waals surface area contributed by atoms with E-state index >= 15 is 0 Å². The molecule has 0 radical (unpaired) electrons. The molecule has 3 unspecified atom stereocenters. The standard InChI is InChI=1S/C26H32F3IN2O7/c1-3-4-5-6-7-22(35)32(15-26(27,28)29)19-12-17(25(37)31-8-9-33)13-20(23(19)36)39-24-18(30)10-16(14-34)11-21(24)38-2/h3,10-11,13-14,19-20,23,33,36H,1,4-9,12,15H2,2H3,(H,31,37). The lowest BCUT2D eigenvalue weighted by Gasteiger charge is -2.41. The summed E-state index contributed by atoms with van der Waals surface area (Å²) in [6.45, 7) is 1.48. The Hall–Kier alpha value is -2.65. The van der Waals surface area contributed by atoms with Crippen molar-refractivity contribution in [3.63, 3.8) is 0 Å². The molecule has 3 N–H and O–H groups in total. The minimum absolute atomic E-state index is 0.0196. The molecule has 0 fully saturated rings. The SMILES string of the molecule is C=CCCCCC(=O)N(CC(F)(F)F)C1CC(C(=O)NCCO)=CC(Oc2c(I)cc(C=O)cc2OC)C1O. The van der Waals surface area contributed by atoms with Crippen LogP contribution in [0.5, 0.6) is 11.5 Å². The Morgan fingerprint density at radius 1 is 1.31 bits per heavy atom. The molecule has 1 aliphatic carbocycles. The van der Waals surface area contributed by atoms with Crippen LogP contribution >= 0.6 is 22.6 Å². The number of methoxy groups -OCH3 is 1. The molecule has 0 heterocycles. The van der Waals surface area contributed by atoms with Crippen LogP contribution in [0, 0.1) is 3.57 Å². The van der Waals surface area contributed by atoms with Gasteiger partial charge in [0.25, 0.3) is 0 Å². The molecule has 0 aliphatic heterocycles. The first-order chi connectivity index (χ1) is 18.4. The average Bonchev–Trinajstić information content (AvgIpc) is 2.89. The molecule has 1 aromatic carbocycles. The van der Waals surface area contributed by atoms with Crippen molar-refractivity contribution in [2.75, 3.05) is 26.8 Å². The molecule has 0 saturated heterocycles. The van der Waals surface area contributed by atoms with Gasteiger partial charge < -0.3 is 29.9 Å². The number of rotatable bonds is 14. The van der Waals surface area contributed by atoms with Crippen molar-refractivity contribution in [1.29, 1.82) is 0 Å². The predicted molar refractivity (Wildman–Crippen MR) is 145 cm³/mol. The summed E-state index contributed by atoms with van der Waals surface area (Å²) in [7, 11) is 1.33. The Labute approximate surface area is 238 Å². The Balaban J connectivity index is 2.49. The van der Waals surface area contributed by atoms with Gasteiger partial charge in [-0.1, -0.05) is 6.08 Å². The summed E-state index contributed by atoms with van der Waals surface area (Å²) in [6, 6.07) is 1.43. The Bertz CT molecular complexity index is 1060. The van der Waals surface area contributed by atoms with Crippen LogP contribution in [-0.2, 0) is 9.59 Å². The molecular formula is C26H32F3IN2O7. The van der Waals surface area contributed by atoms with E-state index in [9.17, 15) is 32.7 Å². The van der Waals surface area contributed by atoms with Gasteiger partial charge >= 0.3 is 6.18 Å². The second-order valence-corrected chi connectivity index (χ2v) is 10.0. The van der Waals surface area contributed by atoms with Crippen molar-refractivity contribution in [3.8, 4) is 11.5 Å². The highest BCUT2D eigenvalue weighted by molar-refractivity contribution is 14.1. The number of aldehydes is 1. The topological polar surface area (TPSA) is 125 Å². The number of aliphatic hydroxyl groups is 2. The zero-order valence-electron chi connectivity index (χ0n) is 21.4. The molecule has 13 heteroatoms. The molecule has 1 aromatic rings. The van der Waals surface area contributed by atoms with Crippen molar-refractivity contribution in [3.05, 3.63) is 45.6 Å². The number of hydrogen-bond donors (Lipinski definition) is 3. The first-order valence-corrected chi connectivity index (χ1v) is 13.3. The van der Waals surface area contributed by atoms with Gasteiger partial charge in [0.05, 0.1) is 23.3 Å². The molecule has 0 saturated carbocycles. The van der Waals surface area contributed by atoms with Gasteiger partial charge in [-0.15, -0.1) is 6.58 Å². The summed E-state index contributed by atoms with van der Waals surface area (Å²) in [5.74, 6) is -1.28. The van der Waals surface area contributed by atoms with Crippen molar-refractivity contribution in [2.24, 2.45) is 0 Å². The molecule has 39 heavy (non-hydrogen) atoms. The average molecular weight is 668 g/mol. The number of hydrogen-bond acceptors (Lipinski definition) is 7. The number of allylic oxidation sites excluding steroid dienone is 1. The minimum atomic E-state index is -4.77. The molecule has 0 spiro atoms. The van der Waals surface area contributed by atoms with Gasteiger partial charge in [0.1, 0.15) is 25.0 Å². The van der Waals surface area contributed by atoms with Gasteiger partial charge in [0, 0.05) is 30.5 Å². The van der Waals surface area contributed by atoms with Crippen LogP contribution in [0.4, 0.5) is 13.2 Å². The lowest BCUT2D eigenvalue weighted by Crippen LogP contribution is -2.57. The maximum absolute atomic E-state index is 13.6. The zero-order chi connectivity index (χ0) is 29.2. The number of benzene rings is 1. The van der Waals surface area contributed by atoms with Crippen molar-refractivity contribution >= 4 is 40.7 Å². The predicted octanol–water partition coefficient (Wildman–Crippen LogP) is 3.17. The van der Waals surface area contributed by atoms with E-state index in [1.807, 2.05) is 22.6 Å². The summed E-state index contributed by atoms with van der Waals surface area (Å²) in [6.07, 6.45) is -3.35. The molecule has 216 valence electrons. The van der Waals surface area contributed by atoms with Crippen LogP contribution < -0.4 is 14.8 Å². The molecule has 2 rings (SSSR count). The summed E-state index contributed by atoms with van der Waals surface area (Å²) in [5.41, 5.74) is 0.262. The maximum atomic E-state index is 13.6. The van der Waals surface area contributed by atoms with Crippen LogP contribution in [0.1, 0.15) is 42.5 Å².